The molecule has 1 aromatic rings. The van der Waals surface area contributed by atoms with Crippen molar-refractivity contribution in [3.05, 3.63) is 28.7 Å². The fourth-order valence-corrected chi connectivity index (χ4v) is 4.11. The molecule has 0 amide bonds. The van der Waals surface area contributed by atoms with E-state index in [0.717, 1.165) is 17.3 Å². The van der Waals surface area contributed by atoms with Crippen molar-refractivity contribution in [1.29, 1.82) is 0 Å². The third-order valence-electron chi connectivity index (χ3n) is 3.51. The first-order chi connectivity index (χ1) is 9.39. The van der Waals surface area contributed by atoms with Gasteiger partial charge in [-0.25, -0.2) is 8.42 Å². The van der Waals surface area contributed by atoms with Crippen molar-refractivity contribution in [3.63, 3.8) is 0 Å². The SMILES string of the molecule is N/C(=N/O)C1(NS(=O)(=O)c2ccc(Br)cc2)CCCC1. The van der Waals surface area contributed by atoms with Crippen molar-refractivity contribution >= 4 is 31.8 Å². The third kappa shape index (κ3) is 2.97. The van der Waals surface area contributed by atoms with Crippen molar-refractivity contribution in [1.82, 2.24) is 4.72 Å². The van der Waals surface area contributed by atoms with E-state index in [2.05, 4.69) is 25.8 Å². The van der Waals surface area contributed by atoms with Crippen LogP contribution in [0.25, 0.3) is 0 Å². The summed E-state index contributed by atoms with van der Waals surface area (Å²) < 4.78 is 28.2. The smallest absolute Gasteiger partial charge is 0.241 e. The lowest BCUT2D eigenvalue weighted by Crippen LogP contribution is -2.55. The van der Waals surface area contributed by atoms with Gasteiger partial charge < -0.3 is 10.9 Å². The molecule has 0 saturated heterocycles. The van der Waals surface area contributed by atoms with Crippen LogP contribution in [-0.2, 0) is 10.0 Å². The molecule has 2 rings (SSSR count). The molecular formula is C12H16BrN3O3S. The number of rotatable bonds is 4. The van der Waals surface area contributed by atoms with E-state index in [0.29, 0.717) is 12.8 Å². The molecule has 1 aliphatic carbocycles. The Balaban J connectivity index is 2.33. The first kappa shape index (κ1) is 15.3. The van der Waals surface area contributed by atoms with Gasteiger partial charge >= 0.3 is 0 Å². The highest BCUT2D eigenvalue weighted by Gasteiger charge is 2.42. The lowest BCUT2D eigenvalue weighted by Gasteiger charge is -2.28. The maximum Gasteiger partial charge on any atom is 0.241 e. The average Bonchev–Trinajstić information content (AvgIpc) is 2.87. The molecule has 20 heavy (non-hydrogen) atoms. The Bertz CT molecular complexity index is 607. The number of nitrogens with two attached hydrogens (primary N) is 1. The summed E-state index contributed by atoms with van der Waals surface area (Å²) in [6.45, 7) is 0. The zero-order valence-electron chi connectivity index (χ0n) is 10.7. The van der Waals surface area contributed by atoms with Gasteiger partial charge in [-0.15, -0.1) is 0 Å². The molecular weight excluding hydrogens is 346 g/mol. The lowest BCUT2D eigenvalue weighted by molar-refractivity contribution is 0.309. The Hall–Kier alpha value is -1.12. The van der Waals surface area contributed by atoms with E-state index in [9.17, 15) is 8.42 Å². The maximum atomic E-state index is 12.4. The van der Waals surface area contributed by atoms with Crippen LogP contribution in [0.3, 0.4) is 0 Å². The predicted molar refractivity (Wildman–Crippen MR) is 79.1 cm³/mol. The summed E-state index contributed by atoms with van der Waals surface area (Å²) in [5.41, 5.74) is 4.70. The van der Waals surface area contributed by atoms with Gasteiger partial charge in [-0.2, -0.15) is 4.72 Å². The minimum absolute atomic E-state index is 0.0873. The molecule has 0 bridgehead atoms. The highest BCUT2D eigenvalue weighted by Crippen LogP contribution is 2.31. The summed E-state index contributed by atoms with van der Waals surface area (Å²) in [7, 11) is -3.72. The number of sulfonamides is 1. The first-order valence-corrected chi connectivity index (χ1v) is 8.45. The highest BCUT2D eigenvalue weighted by molar-refractivity contribution is 9.10. The second kappa shape index (κ2) is 5.71. The van der Waals surface area contributed by atoms with E-state index >= 15 is 0 Å². The number of nitrogens with one attached hydrogen (secondary N) is 1. The Morgan fingerprint density at radius 2 is 1.85 bits per heavy atom. The number of halogens is 1. The van der Waals surface area contributed by atoms with Crippen LogP contribution >= 0.6 is 15.9 Å². The van der Waals surface area contributed by atoms with E-state index in [-0.39, 0.29) is 10.7 Å². The molecule has 0 aromatic heterocycles. The Morgan fingerprint density at radius 3 is 2.35 bits per heavy atom. The zero-order chi connectivity index (χ0) is 14.8. The van der Waals surface area contributed by atoms with Crippen molar-refractivity contribution in [3.8, 4) is 0 Å². The standard InChI is InChI=1S/C12H16BrN3O3S/c13-9-3-5-10(6-4-9)20(18,19)16-12(11(14)15-17)7-1-2-8-12/h3-6,16-17H,1-2,7-8H2,(H2,14,15). The van der Waals surface area contributed by atoms with Gasteiger partial charge in [0.05, 0.1) is 10.4 Å². The number of amidine groups is 1. The lowest BCUT2D eigenvalue weighted by atomic mass is 9.98. The monoisotopic (exact) mass is 361 g/mol. The van der Waals surface area contributed by atoms with Crippen LogP contribution in [0.5, 0.6) is 0 Å². The molecule has 1 saturated carbocycles. The topological polar surface area (TPSA) is 105 Å². The van der Waals surface area contributed by atoms with E-state index in [1.54, 1.807) is 12.1 Å². The molecule has 0 unspecified atom stereocenters. The number of hydrogen-bond donors (Lipinski definition) is 3. The molecule has 0 heterocycles. The van der Waals surface area contributed by atoms with Gasteiger partial charge in [0.15, 0.2) is 5.84 Å². The number of nitrogens with zero attached hydrogens (tertiary/aromatic N) is 1. The average molecular weight is 362 g/mol. The second-order valence-corrected chi connectivity index (χ2v) is 7.43. The number of hydrogen-bond acceptors (Lipinski definition) is 4. The summed E-state index contributed by atoms with van der Waals surface area (Å²) in [6, 6.07) is 6.31. The van der Waals surface area contributed by atoms with Gasteiger partial charge in [0, 0.05) is 4.47 Å². The zero-order valence-corrected chi connectivity index (χ0v) is 13.1. The minimum Gasteiger partial charge on any atom is -0.409 e. The van der Waals surface area contributed by atoms with Crippen LogP contribution in [0.1, 0.15) is 25.7 Å². The van der Waals surface area contributed by atoms with Crippen LogP contribution in [-0.4, -0.2) is 25.0 Å². The van der Waals surface area contributed by atoms with Crippen molar-refractivity contribution < 1.29 is 13.6 Å². The fraction of sp³-hybridized carbons (Fsp3) is 0.417. The van der Waals surface area contributed by atoms with Gasteiger partial charge in [0.1, 0.15) is 0 Å². The molecule has 1 aliphatic rings. The predicted octanol–water partition coefficient (Wildman–Crippen LogP) is 1.79. The molecule has 0 radical (unpaired) electrons. The van der Waals surface area contributed by atoms with Crippen molar-refractivity contribution in [2.75, 3.05) is 0 Å². The Morgan fingerprint density at radius 1 is 1.30 bits per heavy atom. The second-order valence-electron chi connectivity index (χ2n) is 4.83. The molecule has 1 aromatic carbocycles. The minimum atomic E-state index is -3.72. The third-order valence-corrected chi connectivity index (χ3v) is 5.59. The molecule has 0 atom stereocenters. The van der Waals surface area contributed by atoms with Crippen LogP contribution in [0.2, 0.25) is 0 Å². The molecule has 8 heteroatoms. The van der Waals surface area contributed by atoms with E-state index in [1.165, 1.54) is 12.1 Å². The van der Waals surface area contributed by atoms with Crippen molar-refractivity contribution in [2.24, 2.45) is 10.9 Å². The van der Waals surface area contributed by atoms with E-state index in [4.69, 9.17) is 10.9 Å². The molecule has 110 valence electrons. The van der Waals surface area contributed by atoms with Gasteiger partial charge in [0.25, 0.3) is 0 Å². The summed E-state index contributed by atoms with van der Waals surface area (Å²) in [6.07, 6.45) is 2.72. The van der Waals surface area contributed by atoms with E-state index < -0.39 is 15.6 Å². The summed E-state index contributed by atoms with van der Waals surface area (Å²) >= 11 is 3.26. The van der Waals surface area contributed by atoms with Crippen LogP contribution in [0.15, 0.2) is 38.8 Å². The molecule has 6 nitrogen and oxygen atoms in total. The quantitative estimate of drug-likeness (QED) is 0.329. The van der Waals surface area contributed by atoms with Crippen LogP contribution in [0.4, 0.5) is 0 Å². The first-order valence-electron chi connectivity index (χ1n) is 6.17. The van der Waals surface area contributed by atoms with Crippen LogP contribution in [0, 0.1) is 0 Å². The van der Waals surface area contributed by atoms with E-state index in [1.807, 2.05) is 0 Å². The van der Waals surface area contributed by atoms with Gasteiger partial charge in [-0.1, -0.05) is 33.9 Å². The Labute approximate surface area is 126 Å². The van der Waals surface area contributed by atoms with Crippen molar-refractivity contribution in [2.45, 2.75) is 36.1 Å². The largest absolute Gasteiger partial charge is 0.409 e. The number of oxime groups is 1. The fourth-order valence-electron chi connectivity index (χ4n) is 2.41. The van der Waals surface area contributed by atoms with Gasteiger partial charge in [-0.05, 0) is 37.1 Å². The summed E-state index contributed by atoms with van der Waals surface area (Å²) in [5, 5.41) is 11.9. The summed E-state index contributed by atoms with van der Waals surface area (Å²) in [5.74, 6) is -0.0873. The normalized spacial score (nSPS) is 19.1. The molecule has 0 spiro atoms. The highest BCUT2D eigenvalue weighted by atomic mass is 79.9. The molecule has 1 fully saturated rings. The molecule has 4 N–H and O–H groups in total. The Kier molecular flexibility index (Phi) is 4.36. The maximum absolute atomic E-state index is 12.4. The summed E-state index contributed by atoms with van der Waals surface area (Å²) in [4.78, 5) is 0.151. The van der Waals surface area contributed by atoms with Crippen LogP contribution < -0.4 is 10.5 Å². The number of benzene rings is 1. The molecule has 0 aliphatic heterocycles. The van der Waals surface area contributed by atoms with Gasteiger partial charge in [-0.3, -0.25) is 0 Å². The van der Waals surface area contributed by atoms with Gasteiger partial charge in [0.2, 0.25) is 10.0 Å².